The summed E-state index contributed by atoms with van der Waals surface area (Å²) in [7, 11) is 1.79. The van der Waals surface area contributed by atoms with Crippen molar-refractivity contribution in [2.75, 3.05) is 20.1 Å². The topological polar surface area (TPSA) is 76.4 Å². The number of hydrogen-bond donors (Lipinski definition) is 2. The summed E-state index contributed by atoms with van der Waals surface area (Å²) in [6.45, 7) is 2.57. The van der Waals surface area contributed by atoms with Crippen LogP contribution in [0.4, 0.5) is 0 Å². The van der Waals surface area contributed by atoms with Crippen molar-refractivity contribution in [2.24, 2.45) is 4.99 Å². The van der Waals surface area contributed by atoms with Gasteiger partial charge in [-0.2, -0.15) is 0 Å². The second-order valence-corrected chi connectivity index (χ2v) is 5.84. The number of aryl methyl sites for hydroxylation is 1. The van der Waals surface area contributed by atoms with Crippen molar-refractivity contribution in [3.8, 4) is 5.75 Å². The Hall–Kier alpha value is -1.84. The SMILES string of the molecule is CN=C(NCCCCn1cnnc1)NCC1Cc2ccccc2O1.I. The maximum atomic E-state index is 5.93. The second-order valence-electron chi connectivity index (χ2n) is 5.84. The summed E-state index contributed by atoms with van der Waals surface area (Å²) in [5.74, 6) is 1.82. The molecule has 0 radical (unpaired) electrons. The summed E-state index contributed by atoms with van der Waals surface area (Å²) in [6, 6.07) is 8.21. The van der Waals surface area contributed by atoms with E-state index in [1.807, 2.05) is 16.7 Å². The van der Waals surface area contributed by atoms with E-state index >= 15 is 0 Å². The molecule has 3 rings (SSSR count). The number of fused-ring (bicyclic) bond motifs is 1. The zero-order valence-electron chi connectivity index (χ0n) is 14.4. The van der Waals surface area contributed by atoms with E-state index in [-0.39, 0.29) is 30.1 Å². The van der Waals surface area contributed by atoms with Gasteiger partial charge in [-0.05, 0) is 24.5 Å². The van der Waals surface area contributed by atoms with Gasteiger partial charge in [0.25, 0.3) is 0 Å². The van der Waals surface area contributed by atoms with E-state index in [4.69, 9.17) is 4.74 Å². The molecule has 1 atom stereocenters. The number of halogens is 1. The Balaban J connectivity index is 0.00000225. The normalized spacial score (nSPS) is 15.9. The molecule has 0 bridgehead atoms. The van der Waals surface area contributed by atoms with Gasteiger partial charge in [-0.15, -0.1) is 34.2 Å². The van der Waals surface area contributed by atoms with E-state index in [1.165, 1.54) is 5.56 Å². The number of aliphatic imine (C=N–C) groups is 1. The minimum atomic E-state index is 0. The molecule has 7 nitrogen and oxygen atoms in total. The number of nitrogens with one attached hydrogen (secondary N) is 2. The minimum Gasteiger partial charge on any atom is -0.488 e. The second kappa shape index (κ2) is 10.2. The van der Waals surface area contributed by atoms with Gasteiger partial charge < -0.3 is 19.9 Å². The number of ether oxygens (including phenoxy) is 1. The molecule has 2 aromatic rings. The first kappa shape index (κ1) is 19.5. The Kier molecular flexibility index (Phi) is 7.96. The fourth-order valence-electron chi connectivity index (χ4n) is 2.76. The van der Waals surface area contributed by atoms with Crippen LogP contribution >= 0.6 is 24.0 Å². The van der Waals surface area contributed by atoms with Crippen LogP contribution in [0.15, 0.2) is 41.9 Å². The van der Waals surface area contributed by atoms with Gasteiger partial charge in [0, 0.05) is 26.6 Å². The molecule has 1 aliphatic rings. The van der Waals surface area contributed by atoms with Crippen LogP contribution in [0.3, 0.4) is 0 Å². The lowest BCUT2D eigenvalue weighted by atomic mass is 10.1. The highest BCUT2D eigenvalue weighted by atomic mass is 127. The van der Waals surface area contributed by atoms with Crippen LogP contribution < -0.4 is 15.4 Å². The van der Waals surface area contributed by atoms with Crippen LogP contribution in [-0.2, 0) is 13.0 Å². The van der Waals surface area contributed by atoms with Gasteiger partial charge in [0.1, 0.15) is 24.5 Å². The number of aromatic nitrogens is 3. The molecule has 0 aliphatic carbocycles. The number of para-hydroxylation sites is 1. The molecule has 1 aromatic heterocycles. The monoisotopic (exact) mass is 456 g/mol. The predicted molar refractivity (Wildman–Crippen MR) is 109 cm³/mol. The number of rotatable bonds is 7. The molecule has 25 heavy (non-hydrogen) atoms. The number of unbranched alkanes of at least 4 members (excludes halogenated alkanes) is 1. The van der Waals surface area contributed by atoms with Gasteiger partial charge >= 0.3 is 0 Å². The van der Waals surface area contributed by atoms with E-state index in [2.05, 4.69) is 38.0 Å². The van der Waals surface area contributed by atoms with Gasteiger partial charge in [-0.3, -0.25) is 4.99 Å². The number of benzene rings is 1. The third kappa shape index (κ3) is 5.87. The molecule has 0 amide bonds. The molecule has 8 heteroatoms. The lowest BCUT2D eigenvalue weighted by Gasteiger charge is -2.15. The van der Waals surface area contributed by atoms with Crippen molar-refractivity contribution in [3.05, 3.63) is 42.5 Å². The average Bonchev–Trinajstić information content (AvgIpc) is 3.26. The number of hydrogen-bond acceptors (Lipinski definition) is 4. The molecular weight excluding hydrogens is 431 g/mol. The molecule has 0 fully saturated rings. The standard InChI is InChI=1S/C17H24N6O.HI/c1-18-17(19-8-4-5-9-23-12-21-22-13-23)20-11-15-10-14-6-2-3-7-16(14)24-15;/h2-3,6-7,12-13,15H,4-5,8-11H2,1H3,(H2,18,19,20);1H. The lowest BCUT2D eigenvalue weighted by Crippen LogP contribution is -2.42. The van der Waals surface area contributed by atoms with Crippen LogP contribution in [0, 0.1) is 0 Å². The zero-order valence-corrected chi connectivity index (χ0v) is 16.7. The predicted octanol–water partition coefficient (Wildman–Crippen LogP) is 1.85. The lowest BCUT2D eigenvalue weighted by molar-refractivity contribution is 0.235. The number of nitrogens with zero attached hydrogens (tertiary/aromatic N) is 4. The molecule has 0 spiro atoms. The van der Waals surface area contributed by atoms with Crippen molar-refractivity contribution in [1.82, 2.24) is 25.4 Å². The van der Waals surface area contributed by atoms with Gasteiger partial charge in [-0.1, -0.05) is 18.2 Å². The highest BCUT2D eigenvalue weighted by molar-refractivity contribution is 14.0. The molecule has 2 N–H and O–H groups in total. The largest absolute Gasteiger partial charge is 0.488 e. The van der Waals surface area contributed by atoms with Crippen molar-refractivity contribution < 1.29 is 4.74 Å². The minimum absolute atomic E-state index is 0. The number of guanidine groups is 1. The summed E-state index contributed by atoms with van der Waals surface area (Å²) in [4.78, 5) is 4.26. The maximum Gasteiger partial charge on any atom is 0.191 e. The molecular formula is C17H25IN6O. The van der Waals surface area contributed by atoms with E-state index in [1.54, 1.807) is 19.7 Å². The Morgan fingerprint density at radius 2 is 2.04 bits per heavy atom. The van der Waals surface area contributed by atoms with Crippen molar-refractivity contribution in [2.45, 2.75) is 31.9 Å². The fraction of sp³-hybridized carbons (Fsp3) is 0.471. The Labute approximate surface area is 165 Å². The van der Waals surface area contributed by atoms with Crippen LogP contribution in [0.25, 0.3) is 0 Å². The Morgan fingerprint density at radius 3 is 2.80 bits per heavy atom. The summed E-state index contributed by atoms with van der Waals surface area (Å²) in [5.41, 5.74) is 1.28. The molecule has 1 unspecified atom stereocenters. The van der Waals surface area contributed by atoms with Gasteiger partial charge in [-0.25, -0.2) is 0 Å². The fourth-order valence-corrected chi connectivity index (χ4v) is 2.76. The molecule has 1 aliphatic heterocycles. The van der Waals surface area contributed by atoms with Gasteiger partial charge in [0.05, 0.1) is 6.54 Å². The average molecular weight is 456 g/mol. The van der Waals surface area contributed by atoms with Crippen LogP contribution in [0.5, 0.6) is 5.75 Å². The van der Waals surface area contributed by atoms with Crippen molar-refractivity contribution in [1.29, 1.82) is 0 Å². The molecule has 0 saturated heterocycles. The highest BCUT2D eigenvalue weighted by Crippen LogP contribution is 2.27. The van der Waals surface area contributed by atoms with E-state index in [0.717, 1.165) is 50.6 Å². The molecule has 1 aromatic carbocycles. The first-order chi connectivity index (χ1) is 11.8. The summed E-state index contributed by atoms with van der Waals surface area (Å²) in [5, 5.41) is 14.3. The molecule has 0 saturated carbocycles. The summed E-state index contributed by atoms with van der Waals surface area (Å²) < 4.78 is 7.91. The Morgan fingerprint density at radius 1 is 1.24 bits per heavy atom. The Bertz CT molecular complexity index is 636. The van der Waals surface area contributed by atoms with Crippen molar-refractivity contribution in [3.63, 3.8) is 0 Å². The van der Waals surface area contributed by atoms with Crippen LogP contribution in [-0.4, -0.2) is 47.0 Å². The smallest absolute Gasteiger partial charge is 0.191 e. The quantitative estimate of drug-likeness (QED) is 0.288. The van der Waals surface area contributed by atoms with Gasteiger partial charge in [0.15, 0.2) is 5.96 Å². The third-order valence-corrected chi connectivity index (χ3v) is 4.04. The first-order valence-electron chi connectivity index (χ1n) is 8.36. The van der Waals surface area contributed by atoms with Crippen LogP contribution in [0.1, 0.15) is 18.4 Å². The van der Waals surface area contributed by atoms with E-state index in [0.29, 0.717) is 0 Å². The van der Waals surface area contributed by atoms with Gasteiger partial charge in [0.2, 0.25) is 0 Å². The zero-order chi connectivity index (χ0) is 16.6. The van der Waals surface area contributed by atoms with E-state index < -0.39 is 0 Å². The third-order valence-electron chi connectivity index (χ3n) is 4.04. The molecule has 2 heterocycles. The van der Waals surface area contributed by atoms with E-state index in [9.17, 15) is 0 Å². The summed E-state index contributed by atoms with van der Waals surface area (Å²) >= 11 is 0. The summed E-state index contributed by atoms with van der Waals surface area (Å²) in [6.07, 6.45) is 6.72. The first-order valence-corrected chi connectivity index (χ1v) is 8.36. The highest BCUT2D eigenvalue weighted by Gasteiger charge is 2.22. The van der Waals surface area contributed by atoms with Crippen molar-refractivity contribution >= 4 is 29.9 Å². The maximum absolute atomic E-state index is 5.93. The van der Waals surface area contributed by atoms with Crippen LogP contribution in [0.2, 0.25) is 0 Å². The molecule has 136 valence electrons.